The van der Waals surface area contributed by atoms with E-state index >= 15 is 0 Å². The molecule has 0 saturated heterocycles. The SMILES string of the molecule is C=C/C(=C\C=C/C)N(C1=CC=CCC1)c1ccc(C=Cc2ccc(C=Cc3ccc(N(C4=CCCC=C4)c4ccccc4)cc3)cc2)cc1. The summed E-state index contributed by atoms with van der Waals surface area (Å²) in [6, 6.07) is 36.8. The van der Waals surface area contributed by atoms with Crippen LogP contribution in [0.25, 0.3) is 24.3 Å². The number of benzene rings is 4. The third-order valence-corrected chi connectivity index (χ3v) is 8.63. The lowest BCUT2D eigenvalue weighted by Crippen LogP contribution is -2.21. The summed E-state index contributed by atoms with van der Waals surface area (Å²) in [5.41, 5.74) is 11.7. The maximum absolute atomic E-state index is 4.09. The van der Waals surface area contributed by atoms with Crippen molar-refractivity contribution in [3.8, 4) is 0 Å². The third-order valence-electron chi connectivity index (χ3n) is 8.63. The van der Waals surface area contributed by atoms with Gasteiger partial charge < -0.3 is 9.80 Å². The molecule has 0 N–H and O–H groups in total. The van der Waals surface area contributed by atoms with Crippen LogP contribution in [0.2, 0.25) is 0 Å². The Hall–Kier alpha value is -5.86. The molecule has 2 nitrogen and oxygen atoms in total. The predicted molar refractivity (Wildman–Crippen MR) is 214 cm³/mol. The summed E-state index contributed by atoms with van der Waals surface area (Å²) in [5, 5.41) is 0. The van der Waals surface area contributed by atoms with E-state index in [1.54, 1.807) is 0 Å². The number of para-hydroxylation sites is 1. The van der Waals surface area contributed by atoms with Crippen molar-refractivity contribution in [2.24, 2.45) is 0 Å². The average molecular weight is 637 g/mol. The van der Waals surface area contributed by atoms with Gasteiger partial charge in [-0.2, -0.15) is 0 Å². The topological polar surface area (TPSA) is 6.48 Å². The minimum absolute atomic E-state index is 1.00. The highest BCUT2D eigenvalue weighted by atomic mass is 15.2. The van der Waals surface area contributed by atoms with Crippen LogP contribution in [0, 0.1) is 0 Å². The maximum Gasteiger partial charge on any atom is 0.0461 e. The van der Waals surface area contributed by atoms with E-state index in [4.69, 9.17) is 0 Å². The molecule has 0 fully saturated rings. The predicted octanol–water partition coefficient (Wildman–Crippen LogP) is 13.1. The zero-order valence-corrected chi connectivity index (χ0v) is 28.3. The smallest absolute Gasteiger partial charge is 0.0461 e. The molecule has 0 aromatic heterocycles. The molecule has 4 aromatic rings. The molecule has 0 bridgehead atoms. The average Bonchev–Trinajstić information content (AvgIpc) is 3.17. The molecule has 49 heavy (non-hydrogen) atoms. The molecule has 2 aliphatic rings. The number of nitrogens with zero attached hydrogens (tertiary/aromatic N) is 2. The highest BCUT2D eigenvalue weighted by molar-refractivity contribution is 5.76. The number of rotatable bonds is 12. The van der Waals surface area contributed by atoms with Gasteiger partial charge >= 0.3 is 0 Å². The first-order valence-corrected chi connectivity index (χ1v) is 17.2. The molecule has 0 unspecified atom stereocenters. The number of hydrogen-bond donors (Lipinski definition) is 0. The van der Waals surface area contributed by atoms with Gasteiger partial charge in [0.1, 0.15) is 0 Å². The Morgan fingerprint density at radius 3 is 1.71 bits per heavy atom. The molecular formula is C47H44N2. The second-order valence-electron chi connectivity index (χ2n) is 12.1. The molecule has 0 amide bonds. The first-order valence-electron chi connectivity index (χ1n) is 17.2. The lowest BCUT2D eigenvalue weighted by molar-refractivity contribution is 0.901. The third kappa shape index (κ3) is 8.74. The standard InChI is InChI=1S/C47H44N2/c1-3-5-15-42(4-2)48(43-16-9-6-10-17-43)46-34-30-40(31-35-46)28-26-38-22-24-39(25-23-38)27-29-41-32-36-47(37-33-41)49(44-18-11-7-12-19-44)45-20-13-8-14-21-45/h3-7,9,11-13,15-16,18-37H,2,8,10,14,17H2,1H3/b5-3-,28-26?,29-27?,42-15+. The molecule has 4 aromatic carbocycles. The van der Waals surface area contributed by atoms with Crippen molar-refractivity contribution in [1.82, 2.24) is 0 Å². The van der Waals surface area contributed by atoms with Crippen LogP contribution in [0.4, 0.5) is 17.1 Å². The van der Waals surface area contributed by atoms with Crippen LogP contribution >= 0.6 is 0 Å². The molecule has 2 heteroatoms. The quantitative estimate of drug-likeness (QED) is 0.113. The molecule has 0 atom stereocenters. The monoisotopic (exact) mass is 636 g/mol. The van der Waals surface area contributed by atoms with Gasteiger partial charge in [0.05, 0.1) is 0 Å². The van der Waals surface area contributed by atoms with Gasteiger partial charge in [0.15, 0.2) is 0 Å². The van der Waals surface area contributed by atoms with Gasteiger partial charge in [-0.05, 0) is 116 Å². The molecule has 0 heterocycles. The zero-order valence-electron chi connectivity index (χ0n) is 28.3. The Morgan fingerprint density at radius 1 is 0.633 bits per heavy atom. The zero-order chi connectivity index (χ0) is 33.7. The van der Waals surface area contributed by atoms with Crippen LogP contribution in [-0.2, 0) is 0 Å². The van der Waals surface area contributed by atoms with Gasteiger partial charge in [0.25, 0.3) is 0 Å². The molecule has 0 saturated carbocycles. The molecule has 2 aliphatic carbocycles. The number of anilines is 3. The van der Waals surface area contributed by atoms with Crippen LogP contribution in [0.15, 0.2) is 188 Å². The first-order chi connectivity index (χ1) is 24.2. The fourth-order valence-electron chi connectivity index (χ4n) is 6.05. The minimum Gasteiger partial charge on any atom is -0.314 e. The van der Waals surface area contributed by atoms with E-state index in [0.717, 1.165) is 48.3 Å². The largest absolute Gasteiger partial charge is 0.314 e. The number of hydrogen-bond acceptors (Lipinski definition) is 2. The van der Waals surface area contributed by atoms with Gasteiger partial charge in [-0.1, -0.05) is 134 Å². The summed E-state index contributed by atoms with van der Waals surface area (Å²) in [4.78, 5) is 4.63. The van der Waals surface area contributed by atoms with Crippen LogP contribution in [0.3, 0.4) is 0 Å². The molecule has 6 rings (SSSR count). The van der Waals surface area contributed by atoms with Crippen molar-refractivity contribution in [1.29, 1.82) is 0 Å². The van der Waals surface area contributed by atoms with E-state index in [2.05, 4.69) is 192 Å². The molecule has 0 aliphatic heterocycles. The molecule has 242 valence electrons. The fraction of sp³-hybridized carbons (Fsp3) is 0.106. The van der Waals surface area contributed by atoms with Crippen LogP contribution in [0.1, 0.15) is 54.9 Å². The second-order valence-corrected chi connectivity index (χ2v) is 12.1. The van der Waals surface area contributed by atoms with Crippen molar-refractivity contribution >= 4 is 41.4 Å². The van der Waals surface area contributed by atoms with Crippen LogP contribution < -0.4 is 9.80 Å². The van der Waals surface area contributed by atoms with E-state index in [1.165, 1.54) is 33.8 Å². The van der Waals surface area contributed by atoms with E-state index in [-0.39, 0.29) is 0 Å². The fourth-order valence-corrected chi connectivity index (χ4v) is 6.05. The van der Waals surface area contributed by atoms with Gasteiger partial charge in [0, 0.05) is 34.2 Å². The Balaban J connectivity index is 1.11. The van der Waals surface area contributed by atoms with E-state index in [9.17, 15) is 0 Å². The summed E-state index contributed by atoms with van der Waals surface area (Å²) < 4.78 is 0. The Morgan fingerprint density at radius 2 is 1.20 bits per heavy atom. The van der Waals surface area contributed by atoms with Crippen molar-refractivity contribution in [3.63, 3.8) is 0 Å². The summed E-state index contributed by atoms with van der Waals surface area (Å²) in [5.74, 6) is 0. The summed E-state index contributed by atoms with van der Waals surface area (Å²) in [7, 11) is 0. The van der Waals surface area contributed by atoms with Crippen LogP contribution in [-0.4, -0.2) is 0 Å². The normalized spacial score (nSPS) is 14.8. The lowest BCUT2D eigenvalue weighted by Gasteiger charge is -2.29. The van der Waals surface area contributed by atoms with E-state index in [0.29, 0.717) is 0 Å². The minimum atomic E-state index is 1.00. The molecule has 0 radical (unpaired) electrons. The second kappa shape index (κ2) is 16.8. The Bertz CT molecular complexity index is 1940. The summed E-state index contributed by atoms with van der Waals surface area (Å²) >= 11 is 0. The Labute approximate surface area is 292 Å². The van der Waals surface area contributed by atoms with Crippen molar-refractivity contribution in [2.75, 3.05) is 9.80 Å². The first kappa shape index (κ1) is 33.1. The highest BCUT2D eigenvalue weighted by Gasteiger charge is 2.16. The number of allylic oxidation sites excluding steroid dienone is 11. The van der Waals surface area contributed by atoms with Gasteiger partial charge in [-0.15, -0.1) is 0 Å². The van der Waals surface area contributed by atoms with E-state index < -0.39 is 0 Å². The summed E-state index contributed by atoms with van der Waals surface area (Å²) in [6.07, 6.45) is 34.4. The van der Waals surface area contributed by atoms with Gasteiger partial charge in [0.2, 0.25) is 0 Å². The van der Waals surface area contributed by atoms with E-state index in [1.807, 2.05) is 19.1 Å². The van der Waals surface area contributed by atoms with Gasteiger partial charge in [-0.25, -0.2) is 0 Å². The van der Waals surface area contributed by atoms with Crippen molar-refractivity contribution < 1.29 is 0 Å². The highest BCUT2D eigenvalue weighted by Crippen LogP contribution is 2.33. The maximum atomic E-state index is 4.09. The molecular weight excluding hydrogens is 593 g/mol. The van der Waals surface area contributed by atoms with Crippen molar-refractivity contribution in [2.45, 2.75) is 32.6 Å². The van der Waals surface area contributed by atoms with Crippen molar-refractivity contribution in [3.05, 3.63) is 210 Å². The van der Waals surface area contributed by atoms with Crippen LogP contribution in [0.5, 0.6) is 0 Å². The lowest BCUT2D eigenvalue weighted by atomic mass is 10.1. The summed E-state index contributed by atoms with van der Waals surface area (Å²) in [6.45, 7) is 6.12. The molecule has 0 spiro atoms. The van der Waals surface area contributed by atoms with Gasteiger partial charge in [-0.3, -0.25) is 0 Å². The Kier molecular flexibility index (Phi) is 11.3.